The predicted octanol–water partition coefficient (Wildman–Crippen LogP) is 2.39. The van der Waals surface area contributed by atoms with Gasteiger partial charge < -0.3 is 15.2 Å². The zero-order valence-electron chi connectivity index (χ0n) is 10.6. The first kappa shape index (κ1) is 12.4. The Morgan fingerprint density at radius 2 is 2.35 bits per heavy atom. The van der Waals surface area contributed by atoms with E-state index in [1.54, 1.807) is 13.2 Å². The fraction of sp³-hybridized carbons (Fsp3) is 0.571. The number of methoxy groups -OCH3 is 1. The predicted molar refractivity (Wildman–Crippen MR) is 68.3 cm³/mol. The van der Waals surface area contributed by atoms with Gasteiger partial charge in [0.05, 0.1) is 0 Å². The number of phenols is 1. The molecule has 2 N–H and O–H groups in total. The summed E-state index contributed by atoms with van der Waals surface area (Å²) in [5.74, 6) is 0.372. The first-order valence-electron chi connectivity index (χ1n) is 6.27. The summed E-state index contributed by atoms with van der Waals surface area (Å²) < 4.78 is 5.09. The second kappa shape index (κ2) is 5.52. The standard InChI is InChI=1S/C14H21NO2/c1-10(7-8-17-2)15-14-6-3-11-9-12(16)4-5-13(11)14/h4-5,9-10,14-16H,3,6-8H2,1-2H3. The molecule has 0 aromatic heterocycles. The summed E-state index contributed by atoms with van der Waals surface area (Å²) in [6.45, 7) is 2.99. The number of hydrogen-bond acceptors (Lipinski definition) is 3. The molecule has 0 amide bonds. The van der Waals surface area contributed by atoms with E-state index in [4.69, 9.17) is 4.74 Å². The molecule has 2 rings (SSSR count). The lowest BCUT2D eigenvalue weighted by atomic mass is 10.1. The van der Waals surface area contributed by atoms with Gasteiger partial charge in [0, 0.05) is 25.8 Å². The summed E-state index contributed by atoms with van der Waals surface area (Å²) in [5, 5.41) is 13.1. The van der Waals surface area contributed by atoms with Crippen LogP contribution < -0.4 is 5.32 Å². The Balaban J connectivity index is 1.97. The summed E-state index contributed by atoms with van der Waals surface area (Å²) in [5.41, 5.74) is 2.62. The van der Waals surface area contributed by atoms with Gasteiger partial charge in [-0.25, -0.2) is 0 Å². The summed E-state index contributed by atoms with van der Waals surface area (Å²) in [6, 6.07) is 6.59. The van der Waals surface area contributed by atoms with Crippen LogP contribution in [0, 0.1) is 0 Å². The molecule has 0 spiro atoms. The number of ether oxygens (including phenoxy) is 1. The number of aryl methyl sites for hydroxylation is 1. The van der Waals surface area contributed by atoms with Crippen molar-refractivity contribution >= 4 is 0 Å². The number of fused-ring (bicyclic) bond motifs is 1. The zero-order valence-corrected chi connectivity index (χ0v) is 10.6. The van der Waals surface area contributed by atoms with Gasteiger partial charge in [-0.1, -0.05) is 6.07 Å². The van der Waals surface area contributed by atoms with E-state index in [0.717, 1.165) is 25.9 Å². The Morgan fingerprint density at radius 3 is 3.12 bits per heavy atom. The SMILES string of the molecule is COCCC(C)NC1CCc2cc(O)ccc21. The largest absolute Gasteiger partial charge is 0.508 e. The Morgan fingerprint density at radius 1 is 1.53 bits per heavy atom. The molecular weight excluding hydrogens is 214 g/mol. The van der Waals surface area contributed by atoms with Gasteiger partial charge in [-0.3, -0.25) is 0 Å². The molecule has 0 saturated carbocycles. The molecule has 0 bridgehead atoms. The zero-order chi connectivity index (χ0) is 12.3. The third kappa shape index (κ3) is 2.99. The number of nitrogens with one attached hydrogen (secondary N) is 1. The topological polar surface area (TPSA) is 41.5 Å². The summed E-state index contributed by atoms with van der Waals surface area (Å²) >= 11 is 0. The van der Waals surface area contributed by atoms with Crippen LogP contribution in [0.2, 0.25) is 0 Å². The molecular formula is C14H21NO2. The van der Waals surface area contributed by atoms with Gasteiger partial charge in [-0.15, -0.1) is 0 Å². The molecule has 2 atom stereocenters. The molecule has 0 heterocycles. The molecule has 1 aliphatic carbocycles. The lowest BCUT2D eigenvalue weighted by Gasteiger charge is -2.20. The lowest BCUT2D eigenvalue weighted by molar-refractivity contribution is 0.182. The van der Waals surface area contributed by atoms with Crippen LogP contribution in [-0.4, -0.2) is 24.9 Å². The van der Waals surface area contributed by atoms with Gasteiger partial charge in [0.1, 0.15) is 5.75 Å². The van der Waals surface area contributed by atoms with Gasteiger partial charge in [0.2, 0.25) is 0 Å². The molecule has 94 valence electrons. The Kier molecular flexibility index (Phi) is 4.02. The number of phenolic OH excluding ortho intramolecular Hbond substituents is 1. The molecule has 1 aromatic carbocycles. The van der Waals surface area contributed by atoms with E-state index in [2.05, 4.69) is 12.2 Å². The van der Waals surface area contributed by atoms with Crippen molar-refractivity contribution in [2.45, 2.75) is 38.3 Å². The van der Waals surface area contributed by atoms with Crippen molar-refractivity contribution in [3.63, 3.8) is 0 Å². The minimum absolute atomic E-state index is 0.372. The molecule has 17 heavy (non-hydrogen) atoms. The van der Waals surface area contributed by atoms with E-state index >= 15 is 0 Å². The number of benzene rings is 1. The molecule has 0 fully saturated rings. The first-order valence-corrected chi connectivity index (χ1v) is 6.27. The van der Waals surface area contributed by atoms with Crippen LogP contribution in [0.25, 0.3) is 0 Å². The monoisotopic (exact) mass is 235 g/mol. The third-order valence-corrected chi connectivity index (χ3v) is 3.45. The Bertz CT molecular complexity index is 378. The van der Waals surface area contributed by atoms with Crippen LogP contribution >= 0.6 is 0 Å². The fourth-order valence-corrected chi connectivity index (χ4v) is 2.50. The van der Waals surface area contributed by atoms with Gasteiger partial charge >= 0.3 is 0 Å². The lowest BCUT2D eigenvalue weighted by Crippen LogP contribution is -2.30. The van der Waals surface area contributed by atoms with Crippen molar-refractivity contribution in [2.75, 3.05) is 13.7 Å². The molecule has 2 unspecified atom stereocenters. The minimum atomic E-state index is 0.372. The summed E-state index contributed by atoms with van der Waals surface area (Å²) in [7, 11) is 1.74. The van der Waals surface area contributed by atoms with Crippen molar-refractivity contribution in [3.05, 3.63) is 29.3 Å². The van der Waals surface area contributed by atoms with Gasteiger partial charge in [0.25, 0.3) is 0 Å². The smallest absolute Gasteiger partial charge is 0.115 e. The van der Waals surface area contributed by atoms with Crippen molar-refractivity contribution in [3.8, 4) is 5.75 Å². The van der Waals surface area contributed by atoms with Gasteiger partial charge in [-0.2, -0.15) is 0 Å². The van der Waals surface area contributed by atoms with Crippen molar-refractivity contribution in [1.82, 2.24) is 5.32 Å². The maximum Gasteiger partial charge on any atom is 0.115 e. The number of rotatable bonds is 5. The second-order valence-corrected chi connectivity index (χ2v) is 4.82. The van der Waals surface area contributed by atoms with E-state index in [-0.39, 0.29) is 0 Å². The van der Waals surface area contributed by atoms with Crippen LogP contribution in [0.4, 0.5) is 0 Å². The van der Waals surface area contributed by atoms with Gasteiger partial charge in [0.15, 0.2) is 0 Å². The highest BCUT2D eigenvalue weighted by molar-refractivity contribution is 5.40. The maximum atomic E-state index is 9.44. The summed E-state index contributed by atoms with van der Waals surface area (Å²) in [6.07, 6.45) is 3.20. The van der Waals surface area contributed by atoms with E-state index in [0.29, 0.717) is 17.8 Å². The number of aromatic hydroxyl groups is 1. The average molecular weight is 235 g/mol. The Hall–Kier alpha value is -1.06. The summed E-state index contributed by atoms with van der Waals surface area (Å²) in [4.78, 5) is 0. The normalized spacial score (nSPS) is 20.2. The quantitative estimate of drug-likeness (QED) is 0.823. The maximum absolute atomic E-state index is 9.44. The van der Waals surface area contributed by atoms with Crippen LogP contribution in [0.15, 0.2) is 18.2 Å². The van der Waals surface area contributed by atoms with E-state index < -0.39 is 0 Å². The highest BCUT2D eigenvalue weighted by atomic mass is 16.5. The van der Waals surface area contributed by atoms with Crippen molar-refractivity contribution < 1.29 is 9.84 Å². The average Bonchev–Trinajstić information content (AvgIpc) is 2.69. The molecule has 0 saturated heterocycles. The van der Waals surface area contributed by atoms with Crippen molar-refractivity contribution in [2.24, 2.45) is 0 Å². The third-order valence-electron chi connectivity index (χ3n) is 3.45. The Labute approximate surface area is 103 Å². The van der Waals surface area contributed by atoms with E-state index in [1.165, 1.54) is 11.1 Å². The molecule has 0 radical (unpaired) electrons. The van der Waals surface area contributed by atoms with E-state index in [1.807, 2.05) is 12.1 Å². The van der Waals surface area contributed by atoms with Crippen LogP contribution in [0.5, 0.6) is 5.75 Å². The second-order valence-electron chi connectivity index (χ2n) is 4.82. The van der Waals surface area contributed by atoms with Crippen LogP contribution in [-0.2, 0) is 11.2 Å². The van der Waals surface area contributed by atoms with Crippen molar-refractivity contribution in [1.29, 1.82) is 0 Å². The first-order chi connectivity index (χ1) is 8.20. The van der Waals surface area contributed by atoms with Crippen LogP contribution in [0.3, 0.4) is 0 Å². The molecule has 3 heteroatoms. The molecule has 1 aliphatic rings. The fourth-order valence-electron chi connectivity index (χ4n) is 2.50. The number of hydrogen-bond donors (Lipinski definition) is 2. The van der Waals surface area contributed by atoms with Crippen LogP contribution in [0.1, 0.15) is 36.9 Å². The highest BCUT2D eigenvalue weighted by Crippen LogP contribution is 2.33. The van der Waals surface area contributed by atoms with E-state index in [9.17, 15) is 5.11 Å². The van der Waals surface area contributed by atoms with Gasteiger partial charge in [-0.05, 0) is 49.4 Å². The molecule has 3 nitrogen and oxygen atoms in total. The molecule has 0 aliphatic heterocycles. The minimum Gasteiger partial charge on any atom is -0.508 e. The molecule has 1 aromatic rings. The highest BCUT2D eigenvalue weighted by Gasteiger charge is 2.23.